The van der Waals surface area contributed by atoms with Crippen LogP contribution in [0.2, 0.25) is 0 Å². The fourth-order valence-corrected chi connectivity index (χ4v) is 3.94. The molecule has 0 fully saturated rings. The zero-order chi connectivity index (χ0) is 23.9. The molecular weight excluding hydrogens is 423 g/mol. The summed E-state index contributed by atoms with van der Waals surface area (Å²) in [6, 6.07) is 12.5. The molecule has 0 saturated carbocycles. The molecule has 0 saturated heterocycles. The topological polar surface area (TPSA) is 92.4 Å². The maximum absolute atomic E-state index is 13.8. The van der Waals surface area contributed by atoms with Crippen molar-refractivity contribution >= 4 is 22.6 Å². The summed E-state index contributed by atoms with van der Waals surface area (Å²) in [4.78, 5) is 29.0. The summed E-state index contributed by atoms with van der Waals surface area (Å²) >= 11 is 0. The highest BCUT2D eigenvalue weighted by atomic mass is 19.1. The van der Waals surface area contributed by atoms with Crippen LogP contribution in [0, 0.1) is 26.6 Å². The Morgan fingerprint density at radius 2 is 1.88 bits per heavy atom. The van der Waals surface area contributed by atoms with Gasteiger partial charge in [0.2, 0.25) is 0 Å². The quantitative estimate of drug-likeness (QED) is 0.403. The Morgan fingerprint density at radius 3 is 2.58 bits per heavy atom. The average molecular weight is 446 g/mol. The molecule has 33 heavy (non-hydrogen) atoms. The minimum atomic E-state index is -1.14. The lowest BCUT2D eigenvalue weighted by Crippen LogP contribution is -2.15. The van der Waals surface area contributed by atoms with Crippen LogP contribution in [-0.4, -0.2) is 16.1 Å². The number of nitrogens with one attached hydrogen (secondary N) is 1. The summed E-state index contributed by atoms with van der Waals surface area (Å²) in [6.07, 6.45) is 0. The number of hydrogen-bond acceptors (Lipinski definition) is 5. The van der Waals surface area contributed by atoms with Crippen molar-refractivity contribution in [1.82, 2.24) is 4.98 Å². The van der Waals surface area contributed by atoms with E-state index in [1.807, 2.05) is 19.9 Å². The molecule has 2 aromatic heterocycles. The minimum Gasteiger partial charge on any atom is -0.476 e. The van der Waals surface area contributed by atoms with Crippen LogP contribution >= 0.6 is 0 Å². The van der Waals surface area contributed by atoms with E-state index < -0.39 is 17.8 Å². The number of rotatable bonds is 5. The molecule has 0 bridgehead atoms. The molecule has 0 amide bonds. The van der Waals surface area contributed by atoms with Crippen LogP contribution in [0.15, 0.2) is 57.7 Å². The number of anilines is 1. The van der Waals surface area contributed by atoms with Crippen LogP contribution in [0.1, 0.15) is 45.8 Å². The van der Waals surface area contributed by atoms with Crippen molar-refractivity contribution in [2.24, 2.45) is 0 Å². The van der Waals surface area contributed by atoms with E-state index in [0.29, 0.717) is 44.8 Å². The number of aromatic nitrogens is 1. The SMILES string of the molecule is Cc1cc(C(C)Nc2ccc(C)nc2C(=O)O)c2oc(-c3cccc(F)c3)c(C)c(=O)c2c1. The molecular formula is C26H23FN2O4. The predicted molar refractivity (Wildman–Crippen MR) is 125 cm³/mol. The zero-order valence-electron chi connectivity index (χ0n) is 18.7. The molecule has 0 aliphatic carbocycles. The number of carboxylic acid groups (broad SMARTS) is 1. The highest BCUT2D eigenvalue weighted by Crippen LogP contribution is 2.32. The Hall–Kier alpha value is -4.00. The number of carbonyl (C=O) groups is 1. The molecule has 6 nitrogen and oxygen atoms in total. The summed E-state index contributed by atoms with van der Waals surface area (Å²) in [5.41, 5.74) is 3.42. The number of nitrogens with zero attached hydrogens (tertiary/aromatic N) is 1. The highest BCUT2D eigenvalue weighted by molar-refractivity contribution is 5.92. The first-order valence-electron chi connectivity index (χ1n) is 10.5. The van der Waals surface area contributed by atoms with Crippen molar-refractivity contribution in [2.45, 2.75) is 33.7 Å². The van der Waals surface area contributed by atoms with E-state index in [-0.39, 0.29) is 11.1 Å². The maximum Gasteiger partial charge on any atom is 0.356 e. The molecule has 7 heteroatoms. The second-order valence-corrected chi connectivity index (χ2v) is 8.15. The number of fused-ring (bicyclic) bond motifs is 1. The van der Waals surface area contributed by atoms with Crippen molar-refractivity contribution in [1.29, 1.82) is 0 Å². The van der Waals surface area contributed by atoms with Crippen LogP contribution in [-0.2, 0) is 0 Å². The first-order valence-corrected chi connectivity index (χ1v) is 10.5. The summed E-state index contributed by atoms with van der Waals surface area (Å²) in [7, 11) is 0. The van der Waals surface area contributed by atoms with Crippen LogP contribution in [0.5, 0.6) is 0 Å². The summed E-state index contributed by atoms with van der Waals surface area (Å²) in [5.74, 6) is -1.27. The van der Waals surface area contributed by atoms with Gasteiger partial charge in [0, 0.05) is 22.4 Å². The van der Waals surface area contributed by atoms with Gasteiger partial charge >= 0.3 is 5.97 Å². The van der Waals surface area contributed by atoms with Crippen LogP contribution in [0.4, 0.5) is 10.1 Å². The highest BCUT2D eigenvalue weighted by Gasteiger charge is 2.21. The van der Waals surface area contributed by atoms with Gasteiger partial charge in [-0.2, -0.15) is 0 Å². The third-order valence-corrected chi connectivity index (χ3v) is 5.55. The number of aromatic carboxylic acids is 1. The first kappa shape index (κ1) is 22.2. The molecule has 2 N–H and O–H groups in total. The number of pyridine rings is 1. The van der Waals surface area contributed by atoms with Crippen LogP contribution in [0.25, 0.3) is 22.3 Å². The molecule has 1 atom stereocenters. The normalized spacial score (nSPS) is 12.0. The Kier molecular flexibility index (Phi) is 5.72. The number of benzene rings is 2. The van der Waals surface area contributed by atoms with Crippen molar-refractivity contribution < 1.29 is 18.7 Å². The molecule has 0 aliphatic heterocycles. The molecule has 2 aromatic carbocycles. The Bertz CT molecular complexity index is 1460. The Balaban J connectivity index is 1.89. The lowest BCUT2D eigenvalue weighted by atomic mass is 9.98. The van der Waals surface area contributed by atoms with Crippen molar-refractivity contribution in [3.63, 3.8) is 0 Å². The van der Waals surface area contributed by atoms with Gasteiger partial charge in [0.25, 0.3) is 0 Å². The van der Waals surface area contributed by atoms with Crippen LogP contribution in [0.3, 0.4) is 0 Å². The van der Waals surface area contributed by atoms with E-state index in [4.69, 9.17) is 4.42 Å². The van der Waals surface area contributed by atoms with E-state index in [1.165, 1.54) is 12.1 Å². The third kappa shape index (κ3) is 4.22. The second-order valence-electron chi connectivity index (χ2n) is 8.15. The fourth-order valence-electron chi connectivity index (χ4n) is 3.94. The lowest BCUT2D eigenvalue weighted by Gasteiger charge is -2.19. The molecule has 0 radical (unpaired) electrons. The van der Waals surface area contributed by atoms with Gasteiger partial charge in [0.15, 0.2) is 11.1 Å². The minimum absolute atomic E-state index is 0.0865. The van der Waals surface area contributed by atoms with E-state index in [9.17, 15) is 19.1 Å². The van der Waals surface area contributed by atoms with E-state index >= 15 is 0 Å². The predicted octanol–water partition coefficient (Wildman–Crippen LogP) is 5.79. The number of halogens is 1. The van der Waals surface area contributed by atoms with Gasteiger partial charge in [-0.1, -0.05) is 18.2 Å². The van der Waals surface area contributed by atoms with Gasteiger partial charge in [-0.15, -0.1) is 0 Å². The van der Waals surface area contributed by atoms with Crippen molar-refractivity contribution in [3.05, 3.63) is 92.6 Å². The lowest BCUT2D eigenvalue weighted by molar-refractivity contribution is 0.0691. The third-order valence-electron chi connectivity index (χ3n) is 5.55. The molecule has 0 spiro atoms. The van der Waals surface area contributed by atoms with E-state index in [0.717, 1.165) is 5.56 Å². The van der Waals surface area contributed by atoms with Gasteiger partial charge in [-0.3, -0.25) is 4.79 Å². The van der Waals surface area contributed by atoms with Gasteiger partial charge in [-0.05, 0) is 63.6 Å². The standard InChI is InChI=1S/C26H23FN2O4/c1-13-10-19(16(4)29-21-9-8-14(2)28-22(21)26(31)32)25-20(11-13)23(30)15(3)24(33-25)17-6-5-7-18(27)12-17/h5-12,16,29H,1-4H3,(H,31,32). The molecule has 2 heterocycles. The van der Waals surface area contributed by atoms with Gasteiger partial charge < -0.3 is 14.8 Å². The van der Waals surface area contributed by atoms with Gasteiger partial charge in [0.05, 0.1) is 17.1 Å². The molecule has 1 unspecified atom stereocenters. The summed E-state index contributed by atoms with van der Waals surface area (Å²) in [5, 5.41) is 13.2. The van der Waals surface area contributed by atoms with Crippen molar-refractivity contribution in [2.75, 3.05) is 5.32 Å². The Labute approximate surface area is 189 Å². The number of aryl methyl sites for hydroxylation is 2. The summed E-state index contributed by atoms with van der Waals surface area (Å²) < 4.78 is 20.1. The summed E-state index contributed by atoms with van der Waals surface area (Å²) in [6.45, 7) is 7.10. The van der Waals surface area contributed by atoms with Crippen LogP contribution < -0.4 is 10.7 Å². The average Bonchev–Trinajstić information content (AvgIpc) is 2.77. The molecule has 168 valence electrons. The van der Waals surface area contributed by atoms with Crippen molar-refractivity contribution in [3.8, 4) is 11.3 Å². The maximum atomic E-state index is 13.8. The monoisotopic (exact) mass is 446 g/mol. The van der Waals surface area contributed by atoms with Gasteiger partial charge in [0.1, 0.15) is 17.2 Å². The van der Waals surface area contributed by atoms with Gasteiger partial charge in [-0.25, -0.2) is 14.2 Å². The first-order chi connectivity index (χ1) is 15.7. The largest absolute Gasteiger partial charge is 0.476 e. The van der Waals surface area contributed by atoms with E-state index in [2.05, 4.69) is 10.3 Å². The number of hydrogen-bond donors (Lipinski definition) is 2. The second kappa shape index (κ2) is 8.50. The molecule has 0 aliphatic rings. The zero-order valence-corrected chi connectivity index (χ0v) is 18.7. The molecule has 4 aromatic rings. The molecule has 4 rings (SSSR count). The fraction of sp³-hybridized carbons (Fsp3) is 0.192. The number of carboxylic acids is 1. The Morgan fingerprint density at radius 1 is 1.12 bits per heavy atom. The smallest absolute Gasteiger partial charge is 0.356 e. The van der Waals surface area contributed by atoms with E-state index in [1.54, 1.807) is 44.2 Å².